The van der Waals surface area contributed by atoms with E-state index in [1.165, 1.54) is 5.56 Å². The van der Waals surface area contributed by atoms with Crippen LogP contribution in [0, 0.1) is 0 Å². The molecular weight excluding hydrogens is 390 g/mol. The van der Waals surface area contributed by atoms with Gasteiger partial charge in [0.25, 0.3) is 0 Å². The largest absolute Gasteiger partial charge is 0.465 e. The maximum absolute atomic E-state index is 11.2. The molecule has 0 aliphatic heterocycles. The predicted molar refractivity (Wildman–Crippen MR) is 123 cm³/mol. The van der Waals surface area contributed by atoms with Crippen molar-refractivity contribution < 1.29 is 15.0 Å². The monoisotopic (exact) mass is 419 g/mol. The summed E-state index contributed by atoms with van der Waals surface area (Å²) in [5, 5.41) is 28.8. The molecule has 6 nitrogen and oxygen atoms in total. The number of nitrogens with one attached hydrogen (secondary N) is 3. The highest BCUT2D eigenvalue weighted by atomic mass is 16.4. The standard InChI is InChI=1S/C25H29N3O3/c29-24(23(28-25(30)31)15-19-8-3-1-4-9-19)18-26-16-21-12-7-13-22(14-21)27-17-20-10-5-2-6-11-20/h1-14,23-24,26-29H,15-18H2,(H,30,31)/t23-,24-/m0/s1. The van der Waals surface area contributed by atoms with Crippen molar-refractivity contribution in [3.05, 3.63) is 102 Å². The van der Waals surface area contributed by atoms with Crippen LogP contribution >= 0.6 is 0 Å². The highest BCUT2D eigenvalue weighted by molar-refractivity contribution is 5.65. The molecule has 162 valence electrons. The van der Waals surface area contributed by atoms with E-state index >= 15 is 0 Å². The van der Waals surface area contributed by atoms with Crippen LogP contribution in [0.5, 0.6) is 0 Å². The molecule has 1 amide bonds. The van der Waals surface area contributed by atoms with Crippen LogP contribution in [-0.2, 0) is 19.5 Å². The average molecular weight is 420 g/mol. The first-order chi connectivity index (χ1) is 15.1. The quantitative estimate of drug-likeness (QED) is 0.327. The van der Waals surface area contributed by atoms with Crippen molar-refractivity contribution in [1.29, 1.82) is 0 Å². The number of amides is 1. The number of aliphatic hydroxyl groups excluding tert-OH is 1. The van der Waals surface area contributed by atoms with Gasteiger partial charge in [-0.3, -0.25) is 0 Å². The van der Waals surface area contributed by atoms with Crippen molar-refractivity contribution >= 4 is 11.8 Å². The van der Waals surface area contributed by atoms with Gasteiger partial charge in [0.05, 0.1) is 12.1 Å². The SMILES string of the molecule is O=C(O)N[C@@H](Cc1ccccc1)[C@@H](O)CNCc1cccc(NCc2ccccc2)c1. The number of benzene rings is 3. The van der Waals surface area contributed by atoms with E-state index in [0.717, 1.165) is 23.4 Å². The summed E-state index contributed by atoms with van der Waals surface area (Å²) >= 11 is 0. The fraction of sp³-hybridized carbons (Fsp3) is 0.240. The van der Waals surface area contributed by atoms with Gasteiger partial charge in [-0.1, -0.05) is 72.8 Å². The van der Waals surface area contributed by atoms with Gasteiger partial charge in [0, 0.05) is 25.3 Å². The lowest BCUT2D eigenvalue weighted by Gasteiger charge is -2.23. The summed E-state index contributed by atoms with van der Waals surface area (Å²) in [5.41, 5.74) is 4.29. The molecule has 0 heterocycles. The Morgan fingerprint density at radius 1 is 0.806 bits per heavy atom. The molecule has 31 heavy (non-hydrogen) atoms. The van der Waals surface area contributed by atoms with Gasteiger partial charge < -0.3 is 26.2 Å². The highest BCUT2D eigenvalue weighted by Crippen LogP contribution is 2.13. The third-order valence-electron chi connectivity index (χ3n) is 5.02. The molecule has 0 aromatic heterocycles. The van der Waals surface area contributed by atoms with E-state index in [4.69, 9.17) is 5.11 Å². The first-order valence-electron chi connectivity index (χ1n) is 10.4. The Morgan fingerprint density at radius 2 is 1.45 bits per heavy atom. The van der Waals surface area contributed by atoms with E-state index in [1.54, 1.807) is 0 Å². The Morgan fingerprint density at radius 3 is 2.13 bits per heavy atom. The van der Waals surface area contributed by atoms with Crippen molar-refractivity contribution in [1.82, 2.24) is 10.6 Å². The third-order valence-corrected chi connectivity index (χ3v) is 5.02. The van der Waals surface area contributed by atoms with Crippen LogP contribution in [0.25, 0.3) is 0 Å². The van der Waals surface area contributed by atoms with Crippen LogP contribution < -0.4 is 16.0 Å². The highest BCUT2D eigenvalue weighted by Gasteiger charge is 2.21. The number of carbonyl (C=O) groups is 1. The Balaban J connectivity index is 1.50. The first kappa shape index (κ1) is 22.3. The molecule has 3 rings (SSSR count). The Bertz CT molecular complexity index is 935. The Hall–Kier alpha value is -3.35. The summed E-state index contributed by atoms with van der Waals surface area (Å²) in [4.78, 5) is 11.2. The van der Waals surface area contributed by atoms with Gasteiger partial charge in [0.2, 0.25) is 0 Å². The van der Waals surface area contributed by atoms with Crippen molar-refractivity contribution in [2.75, 3.05) is 11.9 Å². The molecule has 5 N–H and O–H groups in total. The van der Waals surface area contributed by atoms with Crippen LogP contribution in [0.1, 0.15) is 16.7 Å². The maximum atomic E-state index is 11.2. The number of hydrogen-bond acceptors (Lipinski definition) is 4. The van der Waals surface area contributed by atoms with Gasteiger partial charge in [0.1, 0.15) is 0 Å². The molecule has 0 spiro atoms. The molecule has 0 saturated carbocycles. The second-order valence-corrected chi connectivity index (χ2v) is 7.48. The van der Waals surface area contributed by atoms with Crippen LogP contribution in [0.4, 0.5) is 10.5 Å². The van der Waals surface area contributed by atoms with E-state index in [2.05, 4.69) is 34.1 Å². The number of aliphatic hydroxyl groups is 1. The normalized spacial score (nSPS) is 12.7. The summed E-state index contributed by atoms with van der Waals surface area (Å²) in [6.45, 7) is 1.60. The number of anilines is 1. The number of carboxylic acid groups (broad SMARTS) is 1. The molecule has 0 aliphatic rings. The van der Waals surface area contributed by atoms with Crippen molar-refractivity contribution in [3.63, 3.8) is 0 Å². The van der Waals surface area contributed by atoms with Crippen molar-refractivity contribution in [3.8, 4) is 0 Å². The first-order valence-corrected chi connectivity index (χ1v) is 10.4. The second kappa shape index (κ2) is 11.7. The molecule has 0 aliphatic carbocycles. The van der Waals surface area contributed by atoms with Gasteiger partial charge in [0.15, 0.2) is 0 Å². The van der Waals surface area contributed by atoms with E-state index in [9.17, 15) is 9.90 Å². The Kier molecular flexibility index (Phi) is 8.46. The van der Waals surface area contributed by atoms with Gasteiger partial charge in [-0.05, 0) is 35.2 Å². The molecule has 0 bridgehead atoms. The molecule has 2 atom stereocenters. The minimum atomic E-state index is -1.14. The molecule has 3 aromatic carbocycles. The molecule has 6 heteroatoms. The zero-order valence-corrected chi connectivity index (χ0v) is 17.4. The second-order valence-electron chi connectivity index (χ2n) is 7.48. The van der Waals surface area contributed by atoms with Gasteiger partial charge in [-0.15, -0.1) is 0 Å². The van der Waals surface area contributed by atoms with E-state index < -0.39 is 18.2 Å². The zero-order valence-electron chi connectivity index (χ0n) is 17.4. The summed E-state index contributed by atoms with van der Waals surface area (Å²) < 4.78 is 0. The summed E-state index contributed by atoms with van der Waals surface area (Å²) in [7, 11) is 0. The van der Waals surface area contributed by atoms with Crippen molar-refractivity contribution in [2.45, 2.75) is 31.7 Å². The fourth-order valence-electron chi connectivity index (χ4n) is 3.41. The topological polar surface area (TPSA) is 93.6 Å². The summed E-state index contributed by atoms with van der Waals surface area (Å²) in [6.07, 6.45) is -1.57. The predicted octanol–water partition coefficient (Wildman–Crippen LogP) is 3.63. The number of hydrogen-bond donors (Lipinski definition) is 5. The number of rotatable bonds is 11. The lowest BCUT2D eigenvalue weighted by atomic mass is 10.0. The average Bonchev–Trinajstić information content (AvgIpc) is 2.78. The van der Waals surface area contributed by atoms with Crippen LogP contribution in [-0.4, -0.2) is 35.0 Å². The lowest BCUT2D eigenvalue weighted by molar-refractivity contribution is 0.117. The van der Waals surface area contributed by atoms with Crippen LogP contribution in [0.3, 0.4) is 0 Å². The smallest absolute Gasteiger partial charge is 0.404 e. The lowest BCUT2D eigenvalue weighted by Crippen LogP contribution is -2.48. The summed E-state index contributed by atoms with van der Waals surface area (Å²) in [5.74, 6) is 0. The molecule has 0 saturated heterocycles. The van der Waals surface area contributed by atoms with Gasteiger partial charge in [-0.2, -0.15) is 0 Å². The zero-order chi connectivity index (χ0) is 21.9. The molecule has 0 fully saturated rings. The van der Waals surface area contributed by atoms with E-state index in [1.807, 2.05) is 66.7 Å². The minimum Gasteiger partial charge on any atom is -0.465 e. The van der Waals surface area contributed by atoms with E-state index in [0.29, 0.717) is 13.0 Å². The van der Waals surface area contributed by atoms with Crippen LogP contribution in [0.2, 0.25) is 0 Å². The van der Waals surface area contributed by atoms with Crippen molar-refractivity contribution in [2.24, 2.45) is 0 Å². The molecule has 3 aromatic rings. The van der Waals surface area contributed by atoms with Gasteiger partial charge >= 0.3 is 6.09 Å². The molecule has 0 radical (unpaired) electrons. The molecular formula is C25H29N3O3. The Labute approximate surface area is 182 Å². The fourth-order valence-corrected chi connectivity index (χ4v) is 3.41. The minimum absolute atomic E-state index is 0.277. The summed E-state index contributed by atoms with van der Waals surface area (Å²) in [6, 6.07) is 27.3. The third kappa shape index (κ3) is 7.77. The van der Waals surface area contributed by atoms with Crippen LogP contribution in [0.15, 0.2) is 84.9 Å². The maximum Gasteiger partial charge on any atom is 0.404 e. The van der Waals surface area contributed by atoms with E-state index in [-0.39, 0.29) is 6.54 Å². The van der Waals surface area contributed by atoms with Gasteiger partial charge in [-0.25, -0.2) is 4.79 Å². The molecule has 0 unspecified atom stereocenters.